The number of benzene rings is 2. The number of halogens is 1. The van der Waals surface area contributed by atoms with Crippen molar-refractivity contribution in [3.8, 4) is 0 Å². The lowest BCUT2D eigenvalue weighted by Crippen LogP contribution is -2.07. The predicted molar refractivity (Wildman–Crippen MR) is 90.0 cm³/mol. The first kappa shape index (κ1) is 13.9. The molecule has 106 valence electrons. The number of fused-ring (bicyclic) bond motifs is 1. The average Bonchev–Trinajstić information content (AvgIpc) is 2.48. The number of nitrogens with zero attached hydrogens (tertiary/aromatic N) is 1. The number of hydrogen-bond acceptors (Lipinski definition) is 2. The second-order valence-corrected chi connectivity index (χ2v) is 5.68. The van der Waals surface area contributed by atoms with Crippen LogP contribution in [-0.4, -0.2) is 4.98 Å². The summed E-state index contributed by atoms with van der Waals surface area (Å²) in [6.45, 7) is 4.15. The molecule has 3 heteroatoms. The first-order chi connectivity index (χ1) is 10.1. The van der Waals surface area contributed by atoms with Crippen LogP contribution in [-0.2, 0) is 0 Å². The summed E-state index contributed by atoms with van der Waals surface area (Å²) in [6.07, 6.45) is 0. The van der Waals surface area contributed by atoms with Gasteiger partial charge in [0.1, 0.15) is 0 Å². The molecule has 2 aromatic carbocycles. The van der Waals surface area contributed by atoms with Crippen molar-refractivity contribution >= 4 is 28.2 Å². The third-order valence-corrected chi connectivity index (χ3v) is 3.85. The highest BCUT2D eigenvalue weighted by Crippen LogP contribution is 2.26. The molecular weight excluding hydrogens is 280 g/mol. The molecule has 1 atom stereocenters. The number of anilines is 1. The highest BCUT2D eigenvalue weighted by atomic mass is 35.5. The van der Waals surface area contributed by atoms with E-state index in [9.17, 15) is 0 Å². The molecule has 0 fully saturated rings. The number of para-hydroxylation sites is 1. The third kappa shape index (κ3) is 3.01. The first-order valence-electron chi connectivity index (χ1n) is 7.02. The molecule has 0 aliphatic carbocycles. The van der Waals surface area contributed by atoms with E-state index < -0.39 is 0 Å². The minimum absolute atomic E-state index is 0.190. The predicted octanol–water partition coefficient (Wildman–Crippen LogP) is 5.37. The SMILES string of the molecule is Cc1ccc2cccc(NC(C)c3ccc(Cl)cc3)c2n1. The number of aromatic nitrogens is 1. The Kier molecular flexibility index (Phi) is 3.80. The summed E-state index contributed by atoms with van der Waals surface area (Å²) in [5.74, 6) is 0. The molecule has 21 heavy (non-hydrogen) atoms. The van der Waals surface area contributed by atoms with Gasteiger partial charge in [0.2, 0.25) is 0 Å². The molecule has 1 N–H and O–H groups in total. The molecule has 1 heterocycles. The van der Waals surface area contributed by atoms with E-state index in [2.05, 4.69) is 41.5 Å². The van der Waals surface area contributed by atoms with Crippen LogP contribution in [0.3, 0.4) is 0 Å². The zero-order valence-corrected chi connectivity index (χ0v) is 12.9. The van der Waals surface area contributed by atoms with Crippen LogP contribution in [0.4, 0.5) is 5.69 Å². The lowest BCUT2D eigenvalue weighted by atomic mass is 10.1. The molecule has 2 nitrogen and oxygen atoms in total. The Morgan fingerprint density at radius 3 is 2.52 bits per heavy atom. The number of nitrogens with one attached hydrogen (secondary N) is 1. The van der Waals surface area contributed by atoms with Gasteiger partial charge in [0.15, 0.2) is 0 Å². The van der Waals surface area contributed by atoms with Gasteiger partial charge >= 0.3 is 0 Å². The van der Waals surface area contributed by atoms with Crippen LogP contribution in [0.1, 0.15) is 24.2 Å². The summed E-state index contributed by atoms with van der Waals surface area (Å²) in [6, 6.07) is 18.5. The van der Waals surface area contributed by atoms with Crippen molar-refractivity contribution in [1.82, 2.24) is 4.98 Å². The summed E-state index contributed by atoms with van der Waals surface area (Å²) in [7, 11) is 0. The maximum atomic E-state index is 5.94. The summed E-state index contributed by atoms with van der Waals surface area (Å²) >= 11 is 5.94. The molecule has 0 saturated heterocycles. The van der Waals surface area contributed by atoms with Crippen molar-refractivity contribution in [2.24, 2.45) is 0 Å². The van der Waals surface area contributed by atoms with Crippen LogP contribution in [0.25, 0.3) is 10.9 Å². The van der Waals surface area contributed by atoms with Gasteiger partial charge in [0, 0.05) is 22.1 Å². The van der Waals surface area contributed by atoms with E-state index in [-0.39, 0.29) is 6.04 Å². The van der Waals surface area contributed by atoms with Gasteiger partial charge in [-0.1, -0.05) is 41.9 Å². The largest absolute Gasteiger partial charge is 0.377 e. The lowest BCUT2D eigenvalue weighted by Gasteiger charge is -2.17. The van der Waals surface area contributed by atoms with Crippen molar-refractivity contribution in [2.45, 2.75) is 19.9 Å². The summed E-state index contributed by atoms with van der Waals surface area (Å²) in [5, 5.41) is 5.45. The molecule has 1 aromatic heterocycles. The van der Waals surface area contributed by atoms with Gasteiger partial charge in [-0.25, -0.2) is 0 Å². The van der Waals surface area contributed by atoms with Crippen LogP contribution in [0, 0.1) is 6.92 Å². The van der Waals surface area contributed by atoms with Crippen LogP contribution in [0.2, 0.25) is 5.02 Å². The molecule has 0 amide bonds. The maximum Gasteiger partial charge on any atom is 0.0936 e. The fourth-order valence-corrected chi connectivity index (χ4v) is 2.56. The average molecular weight is 297 g/mol. The standard InChI is InChI=1S/C18H17ClN2/c1-12-6-7-15-4-3-5-17(18(15)20-12)21-13(2)14-8-10-16(19)11-9-14/h3-11,13,21H,1-2H3. The van der Waals surface area contributed by atoms with E-state index in [1.807, 2.05) is 37.3 Å². The van der Waals surface area contributed by atoms with Gasteiger partial charge in [-0.05, 0) is 43.7 Å². The topological polar surface area (TPSA) is 24.9 Å². The number of pyridine rings is 1. The summed E-state index contributed by atoms with van der Waals surface area (Å²) in [4.78, 5) is 4.65. The molecular formula is C18H17ClN2. The monoisotopic (exact) mass is 296 g/mol. The van der Waals surface area contributed by atoms with Crippen LogP contribution < -0.4 is 5.32 Å². The van der Waals surface area contributed by atoms with Crippen molar-refractivity contribution in [2.75, 3.05) is 5.32 Å². The molecule has 3 rings (SSSR count). The first-order valence-corrected chi connectivity index (χ1v) is 7.39. The number of aryl methyl sites for hydroxylation is 1. The third-order valence-electron chi connectivity index (χ3n) is 3.60. The van der Waals surface area contributed by atoms with Gasteiger partial charge in [-0.2, -0.15) is 0 Å². The van der Waals surface area contributed by atoms with E-state index in [0.29, 0.717) is 0 Å². The van der Waals surface area contributed by atoms with Gasteiger partial charge in [-0.15, -0.1) is 0 Å². The highest BCUT2D eigenvalue weighted by molar-refractivity contribution is 6.30. The van der Waals surface area contributed by atoms with E-state index in [1.54, 1.807) is 0 Å². The van der Waals surface area contributed by atoms with Gasteiger partial charge < -0.3 is 5.32 Å². The van der Waals surface area contributed by atoms with Gasteiger partial charge in [0.05, 0.1) is 11.2 Å². The number of rotatable bonds is 3. The van der Waals surface area contributed by atoms with E-state index in [0.717, 1.165) is 27.3 Å². The van der Waals surface area contributed by atoms with Crippen LogP contribution >= 0.6 is 11.6 Å². The molecule has 0 bridgehead atoms. The van der Waals surface area contributed by atoms with E-state index in [4.69, 9.17) is 11.6 Å². The molecule has 3 aromatic rings. The molecule has 0 saturated carbocycles. The summed E-state index contributed by atoms with van der Waals surface area (Å²) < 4.78 is 0. The molecule has 0 radical (unpaired) electrons. The lowest BCUT2D eigenvalue weighted by molar-refractivity contribution is 0.886. The van der Waals surface area contributed by atoms with Crippen LogP contribution in [0.15, 0.2) is 54.6 Å². The zero-order chi connectivity index (χ0) is 14.8. The fraction of sp³-hybridized carbons (Fsp3) is 0.167. The normalized spacial score (nSPS) is 12.3. The quantitative estimate of drug-likeness (QED) is 0.703. The molecule has 1 unspecified atom stereocenters. The van der Waals surface area contributed by atoms with Crippen LogP contribution in [0.5, 0.6) is 0 Å². The van der Waals surface area contributed by atoms with Crippen molar-refractivity contribution in [3.63, 3.8) is 0 Å². The molecule has 0 aliphatic heterocycles. The smallest absolute Gasteiger partial charge is 0.0936 e. The van der Waals surface area contributed by atoms with Crippen molar-refractivity contribution < 1.29 is 0 Å². The van der Waals surface area contributed by atoms with Gasteiger partial charge in [0.25, 0.3) is 0 Å². The van der Waals surface area contributed by atoms with E-state index in [1.165, 1.54) is 5.56 Å². The Hall–Kier alpha value is -2.06. The number of hydrogen-bond donors (Lipinski definition) is 1. The zero-order valence-electron chi connectivity index (χ0n) is 12.1. The Bertz CT molecular complexity index is 766. The van der Waals surface area contributed by atoms with E-state index >= 15 is 0 Å². The summed E-state index contributed by atoms with van der Waals surface area (Å²) in [5.41, 5.74) is 4.29. The minimum Gasteiger partial charge on any atom is -0.377 e. The fourth-order valence-electron chi connectivity index (χ4n) is 2.43. The maximum absolute atomic E-state index is 5.94. The highest BCUT2D eigenvalue weighted by Gasteiger charge is 2.08. The Morgan fingerprint density at radius 1 is 1.00 bits per heavy atom. The Balaban J connectivity index is 1.94. The second kappa shape index (κ2) is 5.74. The van der Waals surface area contributed by atoms with Gasteiger partial charge in [-0.3, -0.25) is 4.98 Å². The van der Waals surface area contributed by atoms with Crippen molar-refractivity contribution in [1.29, 1.82) is 0 Å². The molecule has 0 aliphatic rings. The second-order valence-electron chi connectivity index (χ2n) is 5.25. The molecule has 0 spiro atoms. The Labute approximate surface area is 129 Å². The van der Waals surface area contributed by atoms with Crippen molar-refractivity contribution in [3.05, 3.63) is 70.9 Å². The Morgan fingerprint density at radius 2 is 1.76 bits per heavy atom. The minimum atomic E-state index is 0.190.